The van der Waals surface area contributed by atoms with Gasteiger partial charge in [-0.2, -0.15) is 0 Å². The summed E-state index contributed by atoms with van der Waals surface area (Å²) in [5.41, 5.74) is 0. The second-order valence-corrected chi connectivity index (χ2v) is 33.7. The molecule has 0 aromatic heterocycles. The van der Waals surface area contributed by atoms with Crippen molar-refractivity contribution in [2.45, 2.75) is 386 Å². The lowest BCUT2D eigenvalue weighted by atomic mass is 9.93. The Morgan fingerprint density at radius 2 is 0.481 bits per heavy atom. The van der Waals surface area contributed by atoms with E-state index in [0.29, 0.717) is 0 Å². The summed E-state index contributed by atoms with van der Waals surface area (Å²) in [6.45, 7) is -2.01. The highest BCUT2D eigenvalue weighted by Gasteiger charge is 2.63. The van der Waals surface area contributed by atoms with Crippen LogP contribution in [0.1, 0.15) is 48.5 Å². The third kappa shape index (κ3) is 23.5. The summed E-state index contributed by atoms with van der Waals surface area (Å²) in [7, 11) is 0. The standard InChI is InChI=1S/C74H124N4O53/c1-16-35(90)45(100)51(106)68(112-16)126-58-33(77-21(6)88)66(116-26(11-82)41(58)96)129-61-48(103)38(93)23(8-79)117-72(61)111-15-30-42(97)60(54(109)71(122-30)124-56-28(13-84)120-65(32(44(56)99)76-20(5)87)123-55-27(12-83)115-64(110)31(43(55)98)75-19(4)86)128-74-62(49(104)39(94)25(10-81)119-74)130-67-34(78-22(7)89)59(127-69-52(107)46(101)36(91)17(2)113-69)57(29(14-85)121-67)125-73-63(50(105)40(95)24(9-80)118-73)131-70-53(108)47(102)37(92)18(3)114-70/h16-18,23-74,79-85,90-110H,8-15H2,1-7H3,(H,75,86)(H,76,87)(H,77,88)(H,78,89)/t16-,17-,18-,23+,24+,25+,26+,27+,28+,29+,30+,31+,32+,33+,34+,35+,36+,37+,38+,39+,40-,41+,42+,43+,44+,45+,46+,47+,48-,49-,50-,51-,52-,53-,54-,55+,56+,57+,58+,59+,60-,61-,62-,63+,64?,65-,66-,67-,68-,69-,70-,71-,72-,73-,74+/m0/s1. The van der Waals surface area contributed by atoms with Crippen LogP contribution >= 0.6 is 0 Å². The fourth-order valence-electron chi connectivity index (χ4n) is 17.2. The van der Waals surface area contributed by atoms with Gasteiger partial charge in [0.25, 0.3) is 0 Å². The normalized spacial score (nSPS) is 50.7. The fourth-order valence-corrected chi connectivity index (χ4v) is 17.2. The van der Waals surface area contributed by atoms with E-state index in [1.54, 1.807) is 0 Å². The van der Waals surface area contributed by atoms with Crippen molar-refractivity contribution in [2.24, 2.45) is 0 Å². The Balaban J connectivity index is 0.965. The SMILES string of the molecule is CC(=O)N[C@H]1[C@H](O[C@H]2[C@H](O)[C@@H](NC(C)=O)C(O)O[C@@H]2CO)O[C@H](CO)[C@@H](O[C@@H]2O[C@H](CO[C@H]3O[C@H](CO)[C@@H](O)[C@H](O)[C@@H]3O[C@@H]3O[C@H](CO)[C@@H](O)[C@H](O[C@@H]4O[C@@H](C)[C@@H](O)[C@@H](O)[C@@H]4O)[C@H]3NC(C)=O)[C@@H](O)[C@H](O[C@H]3O[C@H](CO)[C@@H](O)[C@H](O)[C@@H]3O[C@@H]3O[C@H](CO)[C@@H](O[C@@H]4O[C@H](CO)[C@H](O)[C@H](O)[C@H]4O[C@@H]4O[C@@H](C)[C@@H](O)[C@@H](O)[C@@H]4O)[C@H](O[C@@H]4O[C@@H](C)[C@@H](O)[C@@H](O)[C@@H]4O)[C@H]3NC(C)=O)[C@@H]2O)[C@@H]1O. The quantitative estimate of drug-likeness (QED) is 0.0297. The molecular formula is C74H124N4O53. The molecule has 11 aliphatic heterocycles. The van der Waals surface area contributed by atoms with Crippen LogP contribution in [-0.2, 0) is 119 Å². The van der Waals surface area contributed by atoms with Gasteiger partial charge in [-0.3, -0.25) is 19.2 Å². The van der Waals surface area contributed by atoms with Gasteiger partial charge >= 0.3 is 0 Å². The minimum absolute atomic E-state index is 0.811. The van der Waals surface area contributed by atoms with Crippen LogP contribution in [0, 0.1) is 0 Å². The second-order valence-electron chi connectivity index (χ2n) is 33.7. The molecule has 11 heterocycles. The molecule has 55 atom stereocenters. The number of carbonyl (C=O) groups is 4. The highest BCUT2D eigenvalue weighted by atomic mass is 16.8. The molecule has 0 radical (unpaired) electrons. The van der Waals surface area contributed by atoms with Crippen molar-refractivity contribution in [3.8, 4) is 0 Å². The van der Waals surface area contributed by atoms with Gasteiger partial charge in [0.1, 0.15) is 250 Å². The molecule has 4 amide bonds. The van der Waals surface area contributed by atoms with Crippen LogP contribution in [0.4, 0.5) is 0 Å². The topological polar surface area (TPSA) is 877 Å². The van der Waals surface area contributed by atoms with Gasteiger partial charge in [0.2, 0.25) is 23.6 Å². The van der Waals surface area contributed by atoms with E-state index in [1.807, 2.05) is 0 Å². The van der Waals surface area contributed by atoms with E-state index in [1.165, 1.54) is 20.8 Å². The molecule has 11 aliphatic rings. The molecule has 758 valence electrons. The van der Waals surface area contributed by atoms with E-state index in [4.69, 9.17) is 99.5 Å². The largest absolute Gasteiger partial charge is 0.394 e. The first-order valence-corrected chi connectivity index (χ1v) is 42.2. The van der Waals surface area contributed by atoms with Crippen molar-refractivity contribution < 1.29 is 262 Å². The number of carbonyl (C=O) groups excluding carboxylic acids is 4. The van der Waals surface area contributed by atoms with Gasteiger partial charge in [-0.1, -0.05) is 0 Å². The molecule has 11 saturated heterocycles. The Bertz CT molecular complexity index is 3600. The minimum Gasteiger partial charge on any atom is -0.394 e. The molecule has 0 aromatic carbocycles. The number of aliphatic hydroxyl groups is 28. The zero-order valence-electron chi connectivity index (χ0n) is 71.1. The van der Waals surface area contributed by atoms with E-state index < -0.39 is 414 Å². The van der Waals surface area contributed by atoms with Gasteiger partial charge in [0.15, 0.2) is 69.2 Å². The predicted molar refractivity (Wildman–Crippen MR) is 404 cm³/mol. The Labute approximate surface area is 743 Å². The Hall–Kier alpha value is -4.08. The smallest absolute Gasteiger partial charge is 0.217 e. The lowest BCUT2D eigenvalue weighted by Crippen LogP contribution is -2.72. The average Bonchev–Trinajstić information content (AvgIpc) is 0.759. The maximum absolute atomic E-state index is 13.8. The molecule has 0 saturated carbocycles. The molecule has 0 spiro atoms. The van der Waals surface area contributed by atoms with Crippen molar-refractivity contribution in [3.05, 3.63) is 0 Å². The number of hydrogen-bond acceptors (Lipinski definition) is 53. The Morgan fingerprint density at radius 3 is 0.901 bits per heavy atom. The predicted octanol–water partition coefficient (Wildman–Crippen LogP) is -21.3. The van der Waals surface area contributed by atoms with E-state index in [-0.39, 0.29) is 0 Å². The molecule has 57 heteroatoms. The van der Waals surface area contributed by atoms with Crippen LogP contribution in [0.15, 0.2) is 0 Å². The molecule has 0 aromatic rings. The molecular weight excluding hydrogens is 1790 g/mol. The van der Waals surface area contributed by atoms with Gasteiger partial charge in [0, 0.05) is 27.7 Å². The molecule has 11 fully saturated rings. The maximum atomic E-state index is 13.8. The van der Waals surface area contributed by atoms with Crippen LogP contribution in [0.3, 0.4) is 0 Å². The summed E-state index contributed by atoms with van der Waals surface area (Å²) in [6.07, 6.45) is -107. The molecule has 0 aliphatic carbocycles. The van der Waals surface area contributed by atoms with E-state index in [9.17, 15) is 162 Å². The lowest BCUT2D eigenvalue weighted by molar-refractivity contribution is -0.408. The van der Waals surface area contributed by atoms with Gasteiger partial charge in [0.05, 0.1) is 71.2 Å². The average molecular weight is 1920 g/mol. The fraction of sp³-hybridized carbons (Fsp3) is 0.946. The third-order valence-electron chi connectivity index (χ3n) is 24.5. The lowest BCUT2D eigenvalue weighted by Gasteiger charge is -2.52. The number of rotatable bonds is 32. The van der Waals surface area contributed by atoms with Gasteiger partial charge in [-0.15, -0.1) is 0 Å². The molecule has 0 bridgehead atoms. The zero-order chi connectivity index (χ0) is 96.4. The summed E-state index contributed by atoms with van der Waals surface area (Å²) in [4.78, 5) is 52.3. The molecule has 1 unspecified atom stereocenters. The monoisotopic (exact) mass is 1920 g/mol. The van der Waals surface area contributed by atoms with Gasteiger partial charge < -0.3 is 264 Å². The Kier molecular flexibility index (Phi) is 38.0. The molecule has 11 rings (SSSR count). The van der Waals surface area contributed by atoms with Crippen molar-refractivity contribution in [3.63, 3.8) is 0 Å². The van der Waals surface area contributed by atoms with Crippen LogP contribution < -0.4 is 21.3 Å². The van der Waals surface area contributed by atoms with E-state index in [2.05, 4.69) is 21.3 Å². The summed E-state index contributed by atoms with van der Waals surface area (Å²) < 4.78 is 127. The van der Waals surface area contributed by atoms with Gasteiger partial charge in [-0.25, -0.2) is 0 Å². The first-order chi connectivity index (χ1) is 61.9. The van der Waals surface area contributed by atoms with Crippen LogP contribution in [-0.4, -0.2) is 557 Å². The first-order valence-electron chi connectivity index (χ1n) is 42.2. The van der Waals surface area contributed by atoms with Crippen molar-refractivity contribution >= 4 is 23.6 Å². The van der Waals surface area contributed by atoms with Crippen LogP contribution in [0.5, 0.6) is 0 Å². The van der Waals surface area contributed by atoms with E-state index in [0.717, 1.165) is 27.7 Å². The number of hydrogen-bond donors (Lipinski definition) is 32. The number of aliphatic hydroxyl groups excluding tert-OH is 28. The highest BCUT2D eigenvalue weighted by Crippen LogP contribution is 2.43. The molecule has 131 heavy (non-hydrogen) atoms. The number of nitrogens with one attached hydrogen (secondary N) is 4. The van der Waals surface area contributed by atoms with Crippen LogP contribution in [0.25, 0.3) is 0 Å². The number of amides is 4. The van der Waals surface area contributed by atoms with Crippen molar-refractivity contribution in [1.82, 2.24) is 21.3 Å². The zero-order valence-corrected chi connectivity index (χ0v) is 71.1. The molecule has 57 nitrogen and oxygen atoms in total. The highest BCUT2D eigenvalue weighted by molar-refractivity contribution is 5.74. The van der Waals surface area contributed by atoms with E-state index >= 15 is 0 Å². The molecule has 32 N–H and O–H groups in total. The van der Waals surface area contributed by atoms with Gasteiger partial charge in [-0.05, 0) is 20.8 Å². The summed E-state index contributed by atoms with van der Waals surface area (Å²) in [6, 6.07) is -7.71. The van der Waals surface area contributed by atoms with Crippen LogP contribution in [0.2, 0.25) is 0 Å². The first kappa shape index (κ1) is 107. The number of ether oxygens (including phenoxy) is 21. The third-order valence-corrected chi connectivity index (χ3v) is 24.5. The maximum Gasteiger partial charge on any atom is 0.217 e. The Morgan fingerprint density at radius 1 is 0.214 bits per heavy atom. The van der Waals surface area contributed by atoms with Crippen molar-refractivity contribution in [2.75, 3.05) is 52.9 Å². The summed E-state index contributed by atoms with van der Waals surface area (Å²) in [5, 5.41) is 327. The summed E-state index contributed by atoms with van der Waals surface area (Å²) >= 11 is 0. The summed E-state index contributed by atoms with van der Waals surface area (Å²) in [5.74, 6) is -3.80. The minimum atomic E-state index is -2.68. The second kappa shape index (κ2) is 46.3. The van der Waals surface area contributed by atoms with Crippen molar-refractivity contribution in [1.29, 1.82) is 0 Å².